The zero-order chi connectivity index (χ0) is 18.6. The van der Waals surface area contributed by atoms with E-state index in [-0.39, 0.29) is 35.8 Å². The summed E-state index contributed by atoms with van der Waals surface area (Å²) in [7, 11) is 0. The molecular formula is C15H27ClN6O3. The zero-order valence-corrected chi connectivity index (χ0v) is 15.6. The molecule has 1 aromatic heterocycles. The fraction of sp³-hybridized carbons (Fsp3) is 0.800. The average Bonchev–Trinajstić information content (AvgIpc) is 2.55. The van der Waals surface area contributed by atoms with Crippen LogP contribution in [-0.2, 0) is 4.74 Å². The molecule has 2 heterocycles. The number of nitrogen functional groups attached to an aromatic ring is 1. The second-order valence-electron chi connectivity index (χ2n) is 7.14. The molecule has 0 bridgehead atoms. The standard InChI is InChI=1S/C15H27ClN6O3/c1-15(2,3)25-9-11(24)7-21-4-5-22(6-10(21)8-23)14-18-13(17)12(16)19-20-14/h10-11,23-24H,4-9H2,1-3H3,(H2,17,18,20)/t10-,11?/m0/s1. The molecule has 25 heavy (non-hydrogen) atoms. The molecule has 0 saturated carbocycles. The highest BCUT2D eigenvalue weighted by Crippen LogP contribution is 2.19. The third-order valence-electron chi connectivity index (χ3n) is 3.91. The van der Waals surface area contributed by atoms with Gasteiger partial charge in [-0.1, -0.05) is 11.6 Å². The van der Waals surface area contributed by atoms with E-state index in [1.807, 2.05) is 30.6 Å². The van der Waals surface area contributed by atoms with Crippen molar-refractivity contribution in [3.63, 3.8) is 0 Å². The number of nitrogens with zero attached hydrogens (tertiary/aromatic N) is 5. The van der Waals surface area contributed by atoms with Gasteiger partial charge in [0.2, 0.25) is 5.95 Å². The number of aliphatic hydroxyl groups is 2. The smallest absolute Gasteiger partial charge is 0.247 e. The van der Waals surface area contributed by atoms with Gasteiger partial charge in [-0.2, -0.15) is 4.98 Å². The Kier molecular flexibility index (Phi) is 6.75. The normalized spacial score (nSPS) is 20.7. The molecule has 9 nitrogen and oxygen atoms in total. The molecule has 2 rings (SSSR count). The van der Waals surface area contributed by atoms with Gasteiger partial charge >= 0.3 is 0 Å². The number of anilines is 2. The van der Waals surface area contributed by atoms with Gasteiger partial charge in [0.25, 0.3) is 0 Å². The molecule has 4 N–H and O–H groups in total. The van der Waals surface area contributed by atoms with Crippen LogP contribution in [0.1, 0.15) is 20.8 Å². The lowest BCUT2D eigenvalue weighted by Crippen LogP contribution is -2.57. The third-order valence-corrected chi connectivity index (χ3v) is 4.18. The minimum Gasteiger partial charge on any atom is -0.395 e. The van der Waals surface area contributed by atoms with Crippen LogP contribution in [0.15, 0.2) is 0 Å². The van der Waals surface area contributed by atoms with Crippen LogP contribution in [0, 0.1) is 0 Å². The van der Waals surface area contributed by atoms with Gasteiger partial charge in [0, 0.05) is 26.2 Å². The molecule has 10 heteroatoms. The molecule has 1 saturated heterocycles. The van der Waals surface area contributed by atoms with Gasteiger partial charge in [-0.05, 0) is 20.8 Å². The van der Waals surface area contributed by atoms with Gasteiger partial charge in [-0.25, -0.2) is 0 Å². The first-order valence-corrected chi connectivity index (χ1v) is 8.65. The van der Waals surface area contributed by atoms with Crippen molar-refractivity contribution in [3.05, 3.63) is 5.15 Å². The molecule has 0 radical (unpaired) electrons. The number of piperazine rings is 1. The Bertz CT molecular complexity index is 571. The molecule has 0 spiro atoms. The van der Waals surface area contributed by atoms with Gasteiger partial charge in [0.1, 0.15) is 0 Å². The molecular weight excluding hydrogens is 348 g/mol. The van der Waals surface area contributed by atoms with Crippen molar-refractivity contribution >= 4 is 23.4 Å². The summed E-state index contributed by atoms with van der Waals surface area (Å²) in [4.78, 5) is 8.08. The number of aromatic nitrogens is 3. The van der Waals surface area contributed by atoms with E-state index < -0.39 is 6.10 Å². The van der Waals surface area contributed by atoms with Crippen molar-refractivity contribution < 1.29 is 14.9 Å². The second kappa shape index (κ2) is 8.41. The first-order valence-electron chi connectivity index (χ1n) is 8.27. The number of aliphatic hydroxyl groups excluding tert-OH is 2. The molecule has 1 aliphatic rings. The highest BCUT2D eigenvalue weighted by atomic mass is 35.5. The van der Waals surface area contributed by atoms with E-state index in [0.29, 0.717) is 32.1 Å². The molecule has 2 atom stereocenters. The predicted molar refractivity (Wildman–Crippen MR) is 95.6 cm³/mol. The zero-order valence-electron chi connectivity index (χ0n) is 14.9. The molecule has 1 aromatic rings. The Morgan fingerprint density at radius 1 is 1.36 bits per heavy atom. The van der Waals surface area contributed by atoms with E-state index in [4.69, 9.17) is 22.1 Å². The van der Waals surface area contributed by atoms with Crippen molar-refractivity contribution in [2.24, 2.45) is 0 Å². The number of β-amino-alcohol motifs (C(OH)–C–C–N with tert-alkyl or cyclic N) is 1. The second-order valence-corrected chi connectivity index (χ2v) is 7.50. The fourth-order valence-electron chi connectivity index (χ4n) is 2.61. The van der Waals surface area contributed by atoms with Crippen molar-refractivity contribution in [3.8, 4) is 0 Å². The summed E-state index contributed by atoms with van der Waals surface area (Å²) in [6.45, 7) is 8.25. The first kappa shape index (κ1) is 20.1. The van der Waals surface area contributed by atoms with Gasteiger partial charge in [0.15, 0.2) is 11.0 Å². The summed E-state index contributed by atoms with van der Waals surface area (Å²) in [5.41, 5.74) is 5.38. The van der Waals surface area contributed by atoms with Gasteiger partial charge in [-0.3, -0.25) is 4.90 Å². The fourth-order valence-corrected chi connectivity index (χ4v) is 2.69. The lowest BCUT2D eigenvalue weighted by molar-refractivity contribution is -0.0612. The third kappa shape index (κ3) is 5.89. The predicted octanol–water partition coefficient (Wildman–Crippen LogP) is -0.234. The summed E-state index contributed by atoms with van der Waals surface area (Å²) in [5.74, 6) is 0.515. The van der Waals surface area contributed by atoms with E-state index in [1.165, 1.54) is 0 Å². The van der Waals surface area contributed by atoms with Crippen molar-refractivity contribution in [2.45, 2.75) is 38.5 Å². The van der Waals surface area contributed by atoms with Gasteiger partial charge in [0.05, 0.1) is 31.0 Å². The molecule has 0 amide bonds. The highest BCUT2D eigenvalue weighted by molar-refractivity contribution is 6.31. The SMILES string of the molecule is CC(C)(C)OCC(O)CN1CCN(c2nnc(Cl)c(N)n2)C[C@H]1CO. The Morgan fingerprint density at radius 2 is 2.08 bits per heavy atom. The molecule has 0 aromatic carbocycles. The number of hydrogen-bond acceptors (Lipinski definition) is 9. The lowest BCUT2D eigenvalue weighted by atomic mass is 10.1. The molecule has 0 aliphatic carbocycles. The maximum Gasteiger partial charge on any atom is 0.247 e. The largest absolute Gasteiger partial charge is 0.395 e. The highest BCUT2D eigenvalue weighted by Gasteiger charge is 2.30. The van der Waals surface area contributed by atoms with Crippen molar-refractivity contribution in [1.29, 1.82) is 0 Å². The Morgan fingerprint density at radius 3 is 2.68 bits per heavy atom. The summed E-state index contributed by atoms with van der Waals surface area (Å²) in [6.07, 6.45) is -0.621. The summed E-state index contributed by atoms with van der Waals surface area (Å²) in [5, 5.41) is 27.7. The Hall–Kier alpha value is -1.26. The van der Waals surface area contributed by atoms with E-state index in [2.05, 4.69) is 15.2 Å². The van der Waals surface area contributed by atoms with Crippen LogP contribution in [0.4, 0.5) is 11.8 Å². The number of ether oxygens (including phenoxy) is 1. The van der Waals surface area contributed by atoms with Crippen LogP contribution in [0.2, 0.25) is 5.15 Å². The minimum atomic E-state index is -0.621. The van der Waals surface area contributed by atoms with E-state index in [1.54, 1.807) is 0 Å². The van der Waals surface area contributed by atoms with E-state index in [0.717, 1.165) is 0 Å². The molecule has 1 fully saturated rings. The van der Waals surface area contributed by atoms with Gasteiger partial charge in [-0.15, -0.1) is 10.2 Å². The Balaban J connectivity index is 1.93. The van der Waals surface area contributed by atoms with E-state index in [9.17, 15) is 10.2 Å². The number of halogens is 1. The summed E-state index contributed by atoms with van der Waals surface area (Å²) in [6, 6.07) is -0.154. The van der Waals surface area contributed by atoms with Crippen LogP contribution >= 0.6 is 11.6 Å². The quantitative estimate of drug-likeness (QED) is 0.619. The van der Waals surface area contributed by atoms with Crippen LogP contribution in [0.3, 0.4) is 0 Å². The van der Waals surface area contributed by atoms with Crippen molar-refractivity contribution in [1.82, 2.24) is 20.1 Å². The van der Waals surface area contributed by atoms with Crippen molar-refractivity contribution in [2.75, 3.05) is 50.0 Å². The monoisotopic (exact) mass is 374 g/mol. The maximum atomic E-state index is 10.2. The number of rotatable bonds is 6. The average molecular weight is 375 g/mol. The van der Waals surface area contributed by atoms with Crippen LogP contribution in [0.25, 0.3) is 0 Å². The number of nitrogens with two attached hydrogens (primary N) is 1. The molecule has 142 valence electrons. The summed E-state index contributed by atoms with van der Waals surface area (Å²) >= 11 is 5.75. The minimum absolute atomic E-state index is 0.0418. The molecule has 1 aliphatic heterocycles. The van der Waals surface area contributed by atoms with Crippen LogP contribution in [-0.4, -0.2) is 87.4 Å². The Labute approximate surface area is 152 Å². The topological polar surface area (TPSA) is 121 Å². The summed E-state index contributed by atoms with van der Waals surface area (Å²) < 4.78 is 5.61. The lowest BCUT2D eigenvalue weighted by Gasteiger charge is -2.41. The number of hydrogen-bond donors (Lipinski definition) is 3. The molecule has 1 unspecified atom stereocenters. The van der Waals surface area contributed by atoms with E-state index >= 15 is 0 Å². The maximum absolute atomic E-state index is 10.2. The first-order chi connectivity index (χ1) is 11.7. The van der Waals surface area contributed by atoms with Crippen LogP contribution in [0.5, 0.6) is 0 Å². The van der Waals surface area contributed by atoms with Gasteiger partial charge < -0.3 is 25.6 Å². The van der Waals surface area contributed by atoms with Crippen LogP contribution < -0.4 is 10.6 Å².